The van der Waals surface area contributed by atoms with Crippen LogP contribution in [0.3, 0.4) is 0 Å². The van der Waals surface area contributed by atoms with Gasteiger partial charge in [-0.1, -0.05) is 11.2 Å². The predicted octanol–water partition coefficient (Wildman–Crippen LogP) is -4.08. The van der Waals surface area contributed by atoms with Crippen LogP contribution in [-0.4, -0.2) is 155 Å². The molecule has 0 aromatic carbocycles. The SMILES string of the molecule is O=P([O-])([O-])Cl.[BaH2].[CaH2].[Mg+2].[SrH2]. The van der Waals surface area contributed by atoms with E-state index in [0.717, 1.165) is 0 Å². The van der Waals surface area contributed by atoms with Crippen LogP contribution >= 0.6 is 18.2 Å². The van der Waals surface area contributed by atoms with Gasteiger partial charge in [0.25, 0.3) is 0 Å². The van der Waals surface area contributed by atoms with Gasteiger partial charge in [-0.15, -0.1) is 0 Å². The average Bonchev–Trinajstić information content (AvgIpc) is 0.722. The molecule has 0 aliphatic heterocycles. The van der Waals surface area contributed by atoms with Crippen LogP contribution in [0, 0.1) is 0 Å². The molecule has 9 heavy (non-hydrogen) atoms. The third-order valence-corrected chi connectivity index (χ3v) is 0. The van der Waals surface area contributed by atoms with Crippen molar-refractivity contribution < 1.29 is 14.4 Å². The van der Waals surface area contributed by atoms with Gasteiger partial charge in [0.05, 0.1) is 0 Å². The molecule has 0 saturated carbocycles. The maximum absolute atomic E-state index is 8.87. The number of hydrogen-bond acceptors (Lipinski definition) is 3. The van der Waals surface area contributed by atoms with Gasteiger partial charge in [0.2, 0.25) is 0 Å². The molecular formula is H6BaCaClMgO3PSr. The fraction of sp³-hybridized carbons (Fsp3) is 0. The molecule has 44 valence electrons. The summed E-state index contributed by atoms with van der Waals surface area (Å²) in [6, 6.07) is 0. The van der Waals surface area contributed by atoms with E-state index in [1.165, 1.54) is 0 Å². The van der Waals surface area contributed by atoms with Crippen molar-refractivity contribution >= 4 is 173 Å². The molecule has 0 saturated heterocycles. The first-order valence-electron chi connectivity index (χ1n) is 0.717. The Morgan fingerprint density at radius 3 is 1.33 bits per heavy atom. The second-order valence-electron chi connectivity index (χ2n) is 0.431. The van der Waals surface area contributed by atoms with E-state index in [4.69, 9.17) is 14.4 Å². The van der Waals surface area contributed by atoms with Crippen molar-refractivity contribution in [3.8, 4) is 0 Å². The first kappa shape index (κ1) is 29.3. The molecule has 3 nitrogen and oxygen atoms in total. The molecule has 0 heterocycles. The van der Waals surface area contributed by atoms with Gasteiger partial charge in [-0.25, -0.2) is 0 Å². The second kappa shape index (κ2) is 16.0. The van der Waals surface area contributed by atoms with E-state index in [1.807, 2.05) is 0 Å². The van der Waals surface area contributed by atoms with Crippen molar-refractivity contribution in [1.29, 1.82) is 0 Å². The number of halogens is 1. The Bertz CT molecular complexity index is 69.9. The van der Waals surface area contributed by atoms with Gasteiger partial charge in [0.15, 0.2) is 0 Å². The zero-order valence-corrected chi connectivity index (χ0v) is 5.82. The van der Waals surface area contributed by atoms with Crippen molar-refractivity contribution in [3.05, 3.63) is 0 Å². The van der Waals surface area contributed by atoms with Gasteiger partial charge in [-0.05, 0) is 0 Å². The molecule has 9 heteroatoms. The molecule has 0 N–H and O–H groups in total. The summed E-state index contributed by atoms with van der Waals surface area (Å²) in [6.07, 6.45) is 0. The van der Waals surface area contributed by atoms with Crippen molar-refractivity contribution in [1.82, 2.24) is 0 Å². The van der Waals surface area contributed by atoms with Crippen LogP contribution in [0.1, 0.15) is 0 Å². The molecule has 0 bridgehead atoms. The van der Waals surface area contributed by atoms with Crippen molar-refractivity contribution in [2.24, 2.45) is 0 Å². The summed E-state index contributed by atoms with van der Waals surface area (Å²) < 4.78 is 8.87. The monoisotopic (exact) mass is 410 g/mol. The van der Waals surface area contributed by atoms with Crippen molar-refractivity contribution in [3.63, 3.8) is 0 Å². The first-order valence-corrected chi connectivity index (χ1v) is 3.16. The second-order valence-corrected chi connectivity index (χ2v) is 2.53. The van der Waals surface area contributed by atoms with Crippen LogP contribution in [-0.2, 0) is 4.57 Å². The standard InChI is InChI=1S/Ba.Ca.ClH2O3P.Mg.Sr.6H/c;;1-5(2,3)4;;;;;;;;/h;;(H2,2,3,4);;;;;;;;/q;;;+2;;;;;;;/p-2. The Morgan fingerprint density at radius 2 is 1.33 bits per heavy atom. The molecule has 0 aliphatic rings. The molecule has 0 rings (SSSR count). The summed E-state index contributed by atoms with van der Waals surface area (Å²) in [7, 11) is 0. The van der Waals surface area contributed by atoms with Gasteiger partial charge in [0, 0.05) is 6.95 Å². The predicted molar refractivity (Wildman–Crippen MR) is 44.8 cm³/mol. The normalized spacial score (nSPS) is 6.56. The maximum atomic E-state index is 8.87. The van der Waals surface area contributed by atoms with E-state index in [9.17, 15) is 0 Å². The average molecular weight is 410 g/mol. The Balaban J connectivity index is -0.0000000133. The molecule has 0 aliphatic carbocycles. The van der Waals surface area contributed by atoms with E-state index < -0.39 is 6.95 Å². The molecule has 0 radical (unpaired) electrons. The van der Waals surface area contributed by atoms with Crippen LogP contribution in [0.4, 0.5) is 0 Å². The van der Waals surface area contributed by atoms with Crippen LogP contribution < -0.4 is 9.79 Å². The van der Waals surface area contributed by atoms with Gasteiger partial charge >= 0.3 is 155 Å². The molecule has 0 aromatic heterocycles. The summed E-state index contributed by atoms with van der Waals surface area (Å²) in [6.45, 7) is -4.67. The fourth-order valence-corrected chi connectivity index (χ4v) is 0. The van der Waals surface area contributed by atoms with Crippen molar-refractivity contribution in [2.45, 2.75) is 0 Å². The van der Waals surface area contributed by atoms with Gasteiger partial charge in [-0.2, -0.15) is 0 Å². The molecule has 0 amide bonds. The van der Waals surface area contributed by atoms with Gasteiger partial charge in [0.1, 0.15) is 0 Å². The zero-order chi connectivity index (χ0) is 4.50. The number of rotatable bonds is 0. The Hall–Kier alpha value is 5.52. The third-order valence-electron chi connectivity index (χ3n) is 0. The van der Waals surface area contributed by atoms with E-state index in [-0.39, 0.29) is 155 Å². The third kappa shape index (κ3) is 58.9. The minimum absolute atomic E-state index is 0. The summed E-state index contributed by atoms with van der Waals surface area (Å²) in [4.78, 5) is 17.7. The number of hydrogen-bond donors (Lipinski definition) is 0. The summed E-state index contributed by atoms with van der Waals surface area (Å²) in [5.74, 6) is 0. The van der Waals surface area contributed by atoms with E-state index in [0.29, 0.717) is 0 Å². The Morgan fingerprint density at radius 1 is 1.33 bits per heavy atom. The summed E-state index contributed by atoms with van der Waals surface area (Å²) in [5, 5.41) is 0. The first-order chi connectivity index (χ1) is 2.00. The molecule has 0 atom stereocenters. The van der Waals surface area contributed by atoms with Crippen LogP contribution in [0.25, 0.3) is 0 Å². The molecular weight excluding hydrogens is 404 g/mol. The summed E-state index contributed by atoms with van der Waals surface area (Å²) in [5.41, 5.74) is 0. The summed E-state index contributed by atoms with van der Waals surface area (Å²) >= 11 is 3.97. The zero-order valence-electron chi connectivity index (χ0n) is 2.76. The minimum atomic E-state index is -4.67. The van der Waals surface area contributed by atoms with Crippen LogP contribution in [0.15, 0.2) is 0 Å². The molecule has 0 aromatic rings. The van der Waals surface area contributed by atoms with Gasteiger partial charge in [-0.3, -0.25) is 0 Å². The van der Waals surface area contributed by atoms with Crippen LogP contribution in [0.2, 0.25) is 0 Å². The van der Waals surface area contributed by atoms with Gasteiger partial charge < -0.3 is 14.4 Å². The Kier molecular flexibility index (Phi) is 52.0. The van der Waals surface area contributed by atoms with E-state index in [1.54, 1.807) is 0 Å². The Labute approximate surface area is 182 Å². The van der Waals surface area contributed by atoms with Crippen molar-refractivity contribution in [2.75, 3.05) is 0 Å². The quantitative estimate of drug-likeness (QED) is 0.302. The van der Waals surface area contributed by atoms with E-state index in [2.05, 4.69) is 11.2 Å². The topological polar surface area (TPSA) is 63.2 Å². The molecule has 0 fully saturated rings. The fourth-order valence-electron chi connectivity index (χ4n) is 0. The van der Waals surface area contributed by atoms with E-state index >= 15 is 0 Å². The molecule has 0 spiro atoms. The molecule has 0 unspecified atom stereocenters. The van der Waals surface area contributed by atoms with Crippen LogP contribution in [0.5, 0.6) is 0 Å².